The van der Waals surface area contributed by atoms with Crippen LogP contribution in [0.3, 0.4) is 0 Å². The number of likely N-dealkylation sites (N-methyl/N-ethyl adjacent to an activating group) is 1. The molecule has 0 saturated carbocycles. The number of hydrogen-bond donors (Lipinski definition) is 1. The van der Waals surface area contributed by atoms with E-state index in [1.165, 1.54) is 0 Å². The Morgan fingerprint density at radius 3 is 2.57 bits per heavy atom. The zero-order valence-electron chi connectivity index (χ0n) is 12.6. The van der Waals surface area contributed by atoms with Gasteiger partial charge in [0.15, 0.2) is 0 Å². The van der Waals surface area contributed by atoms with Gasteiger partial charge in [-0.3, -0.25) is 0 Å². The van der Waals surface area contributed by atoms with E-state index in [0.717, 1.165) is 38.0 Å². The molecule has 0 spiro atoms. The lowest BCUT2D eigenvalue weighted by atomic mass is 9.82. The van der Waals surface area contributed by atoms with Crippen molar-refractivity contribution < 1.29 is 9.47 Å². The van der Waals surface area contributed by atoms with Crippen LogP contribution in [0.5, 0.6) is 0 Å². The average Bonchev–Trinajstić information content (AvgIpc) is 2.49. The van der Waals surface area contributed by atoms with Gasteiger partial charge in [0.25, 0.3) is 0 Å². The van der Waals surface area contributed by atoms with Crippen molar-refractivity contribution in [1.29, 1.82) is 0 Å². The molecule has 1 aromatic carbocycles. The summed E-state index contributed by atoms with van der Waals surface area (Å²) in [5.41, 5.74) is 0.989. The highest BCUT2D eigenvalue weighted by molar-refractivity contribution is 6.42. The fourth-order valence-electron chi connectivity index (χ4n) is 3.05. The molecule has 1 atom stereocenters. The lowest BCUT2D eigenvalue weighted by Gasteiger charge is -2.43. The summed E-state index contributed by atoms with van der Waals surface area (Å²) in [4.78, 5) is 0. The van der Waals surface area contributed by atoms with Gasteiger partial charge in [-0.05, 0) is 38.1 Å². The number of rotatable bonds is 6. The van der Waals surface area contributed by atoms with Crippen molar-refractivity contribution in [2.24, 2.45) is 0 Å². The average molecular weight is 332 g/mol. The molecule has 118 valence electrons. The van der Waals surface area contributed by atoms with Crippen LogP contribution in [0.4, 0.5) is 0 Å². The van der Waals surface area contributed by atoms with E-state index in [0.29, 0.717) is 16.7 Å². The Balaban J connectivity index is 2.17. The zero-order valence-corrected chi connectivity index (χ0v) is 14.1. The quantitative estimate of drug-likeness (QED) is 0.861. The zero-order chi connectivity index (χ0) is 15.3. The van der Waals surface area contributed by atoms with E-state index in [4.69, 9.17) is 32.7 Å². The van der Waals surface area contributed by atoms with Crippen LogP contribution in [0, 0.1) is 0 Å². The normalized spacial score (nSPS) is 19.4. The first-order valence-corrected chi connectivity index (χ1v) is 8.20. The van der Waals surface area contributed by atoms with Gasteiger partial charge in [-0.2, -0.15) is 0 Å². The van der Waals surface area contributed by atoms with Crippen molar-refractivity contribution in [3.63, 3.8) is 0 Å². The molecule has 1 N–H and O–H groups in total. The summed E-state index contributed by atoms with van der Waals surface area (Å²) in [7, 11) is 1.98. The predicted octanol–water partition coefficient (Wildman–Crippen LogP) is 3.71. The lowest BCUT2D eigenvalue weighted by Crippen LogP contribution is -2.55. The van der Waals surface area contributed by atoms with Gasteiger partial charge in [-0.15, -0.1) is 0 Å². The van der Waals surface area contributed by atoms with Gasteiger partial charge in [0.05, 0.1) is 15.6 Å². The van der Waals surface area contributed by atoms with Crippen molar-refractivity contribution in [2.75, 3.05) is 26.9 Å². The minimum Gasteiger partial charge on any atom is -0.381 e. The monoisotopic (exact) mass is 331 g/mol. The van der Waals surface area contributed by atoms with Crippen LogP contribution < -0.4 is 5.32 Å². The third-order valence-corrected chi connectivity index (χ3v) is 4.92. The first-order valence-electron chi connectivity index (χ1n) is 7.44. The summed E-state index contributed by atoms with van der Waals surface area (Å²) in [6, 6.07) is 6.03. The van der Waals surface area contributed by atoms with Crippen LogP contribution in [0.15, 0.2) is 18.2 Å². The summed E-state index contributed by atoms with van der Waals surface area (Å²) in [5.74, 6) is 0. The minimum atomic E-state index is -0.173. The third-order valence-electron chi connectivity index (χ3n) is 4.18. The van der Waals surface area contributed by atoms with E-state index in [9.17, 15) is 0 Å². The molecule has 21 heavy (non-hydrogen) atoms. The molecule has 2 rings (SSSR count). The molecule has 0 aromatic heterocycles. The van der Waals surface area contributed by atoms with Crippen LogP contribution >= 0.6 is 23.2 Å². The fourth-order valence-corrected chi connectivity index (χ4v) is 3.37. The van der Waals surface area contributed by atoms with Gasteiger partial charge in [-0.25, -0.2) is 0 Å². The molecule has 1 heterocycles. The van der Waals surface area contributed by atoms with E-state index in [1.54, 1.807) is 0 Å². The topological polar surface area (TPSA) is 30.5 Å². The van der Waals surface area contributed by atoms with Crippen LogP contribution in [0.2, 0.25) is 10.0 Å². The molecule has 5 heteroatoms. The van der Waals surface area contributed by atoms with Crippen molar-refractivity contribution in [3.05, 3.63) is 33.8 Å². The van der Waals surface area contributed by atoms with Crippen molar-refractivity contribution in [3.8, 4) is 0 Å². The summed E-state index contributed by atoms with van der Waals surface area (Å²) >= 11 is 12.1. The second kappa shape index (κ2) is 7.80. The van der Waals surface area contributed by atoms with Crippen LogP contribution in [-0.4, -0.2) is 38.5 Å². The molecule has 0 radical (unpaired) electrons. The summed E-state index contributed by atoms with van der Waals surface area (Å²) < 4.78 is 11.7. The highest BCUT2D eigenvalue weighted by Crippen LogP contribution is 2.32. The molecule has 1 fully saturated rings. The number of benzene rings is 1. The molecule has 0 amide bonds. The van der Waals surface area contributed by atoms with E-state index < -0.39 is 0 Å². The van der Waals surface area contributed by atoms with Gasteiger partial charge < -0.3 is 14.8 Å². The van der Waals surface area contributed by atoms with Crippen LogP contribution in [0.25, 0.3) is 0 Å². The van der Waals surface area contributed by atoms with Gasteiger partial charge in [0, 0.05) is 38.7 Å². The second-order valence-corrected chi connectivity index (χ2v) is 6.22. The highest BCUT2D eigenvalue weighted by atomic mass is 35.5. The fraction of sp³-hybridized carbons (Fsp3) is 0.625. The summed E-state index contributed by atoms with van der Waals surface area (Å²) in [6.07, 6.45) is 2.68. The highest BCUT2D eigenvalue weighted by Gasteiger charge is 2.40. The SMILES string of the molecule is CCOC1(C(Cc2ccc(Cl)c(Cl)c2)NC)CCOCC1. The maximum absolute atomic E-state index is 6.15. The molecular formula is C16H23Cl2NO2. The maximum atomic E-state index is 6.15. The molecule has 1 aliphatic rings. The molecule has 0 aliphatic carbocycles. The van der Waals surface area contributed by atoms with Crippen LogP contribution in [-0.2, 0) is 15.9 Å². The lowest BCUT2D eigenvalue weighted by molar-refractivity contribution is -0.125. The van der Waals surface area contributed by atoms with E-state index in [-0.39, 0.29) is 11.6 Å². The van der Waals surface area contributed by atoms with E-state index >= 15 is 0 Å². The first kappa shape index (κ1) is 17.0. The molecule has 1 unspecified atom stereocenters. The Morgan fingerprint density at radius 2 is 2.00 bits per heavy atom. The summed E-state index contributed by atoms with van der Waals surface area (Å²) in [5, 5.41) is 4.61. The number of nitrogens with one attached hydrogen (secondary N) is 1. The molecule has 0 bridgehead atoms. The molecule has 1 saturated heterocycles. The smallest absolute Gasteiger partial charge is 0.0881 e. The van der Waals surface area contributed by atoms with E-state index in [2.05, 4.69) is 5.32 Å². The van der Waals surface area contributed by atoms with Gasteiger partial charge >= 0.3 is 0 Å². The first-order chi connectivity index (χ1) is 10.1. The Morgan fingerprint density at radius 1 is 1.29 bits per heavy atom. The Kier molecular flexibility index (Phi) is 6.33. The molecular weight excluding hydrogens is 309 g/mol. The minimum absolute atomic E-state index is 0.173. The molecule has 1 aliphatic heterocycles. The molecule has 3 nitrogen and oxygen atoms in total. The van der Waals surface area contributed by atoms with Crippen molar-refractivity contribution in [2.45, 2.75) is 37.8 Å². The third kappa shape index (κ3) is 4.11. The van der Waals surface area contributed by atoms with Gasteiger partial charge in [-0.1, -0.05) is 29.3 Å². The second-order valence-electron chi connectivity index (χ2n) is 5.40. The molecule has 1 aromatic rings. The standard InChI is InChI=1S/C16H23Cl2NO2/c1-3-21-16(6-8-20-9-7-16)15(19-2)11-12-4-5-13(17)14(18)10-12/h4-5,10,15,19H,3,6-9,11H2,1-2H3. The Bertz CT molecular complexity index is 456. The van der Waals surface area contributed by atoms with Crippen LogP contribution in [0.1, 0.15) is 25.3 Å². The predicted molar refractivity (Wildman–Crippen MR) is 87.4 cm³/mol. The van der Waals surface area contributed by atoms with Gasteiger partial charge in [0.1, 0.15) is 0 Å². The van der Waals surface area contributed by atoms with Gasteiger partial charge in [0.2, 0.25) is 0 Å². The maximum Gasteiger partial charge on any atom is 0.0881 e. The largest absolute Gasteiger partial charge is 0.381 e. The number of ether oxygens (including phenoxy) is 2. The number of halogens is 2. The van der Waals surface area contributed by atoms with Crippen molar-refractivity contribution in [1.82, 2.24) is 5.32 Å². The Hall–Kier alpha value is -0.320. The van der Waals surface area contributed by atoms with Crippen molar-refractivity contribution >= 4 is 23.2 Å². The summed E-state index contributed by atoms with van der Waals surface area (Å²) in [6.45, 7) is 4.25. The Labute approximate surface area is 136 Å². The number of hydrogen-bond acceptors (Lipinski definition) is 3. The van der Waals surface area contributed by atoms with E-state index in [1.807, 2.05) is 32.2 Å².